The fourth-order valence-electron chi connectivity index (χ4n) is 3.69. The van der Waals surface area contributed by atoms with Gasteiger partial charge in [-0.05, 0) is 90.6 Å². The van der Waals surface area contributed by atoms with Crippen molar-refractivity contribution >= 4 is 15.9 Å². The molecular formula is C24H32BrN2O. The minimum Gasteiger partial charge on any atom is -0.492 e. The molecule has 3 nitrogen and oxygen atoms in total. The van der Waals surface area contributed by atoms with Crippen LogP contribution in [-0.4, -0.2) is 16.6 Å². The molecule has 0 saturated heterocycles. The summed E-state index contributed by atoms with van der Waals surface area (Å²) < 4.78 is 7.03. The highest BCUT2D eigenvalue weighted by molar-refractivity contribution is 9.10. The van der Waals surface area contributed by atoms with Gasteiger partial charge in [0.1, 0.15) is 5.75 Å². The summed E-state index contributed by atoms with van der Waals surface area (Å²) in [6.45, 7) is 3.05. The zero-order valence-corrected chi connectivity index (χ0v) is 18.6. The molecule has 0 N–H and O–H groups in total. The molecule has 1 aromatic heterocycles. The summed E-state index contributed by atoms with van der Waals surface area (Å²) in [5, 5.41) is 0. The zero-order chi connectivity index (χ0) is 19.6. The Kier molecular flexibility index (Phi) is 8.78. The van der Waals surface area contributed by atoms with E-state index in [1.165, 1.54) is 63.4 Å². The molecule has 1 heterocycles. The molecule has 1 fully saturated rings. The number of nitrogens with zero attached hydrogens (tertiary/aromatic N) is 2. The van der Waals surface area contributed by atoms with E-state index in [2.05, 4.69) is 51.4 Å². The predicted molar refractivity (Wildman–Crippen MR) is 119 cm³/mol. The van der Waals surface area contributed by atoms with Crippen molar-refractivity contribution in [3.8, 4) is 17.1 Å². The molecule has 1 aliphatic rings. The molecule has 0 unspecified atom stereocenters. The smallest absolute Gasteiger partial charge is 0.159 e. The Bertz CT molecular complexity index is 711. The van der Waals surface area contributed by atoms with Crippen LogP contribution >= 0.6 is 15.9 Å². The van der Waals surface area contributed by atoms with Gasteiger partial charge in [0.05, 0.1) is 11.1 Å². The van der Waals surface area contributed by atoms with E-state index in [4.69, 9.17) is 4.74 Å². The average molecular weight is 444 g/mol. The van der Waals surface area contributed by atoms with Crippen LogP contribution in [0.3, 0.4) is 0 Å². The second-order valence-corrected chi connectivity index (χ2v) is 8.70. The normalized spacial score (nSPS) is 14.9. The maximum atomic E-state index is 6.06. The van der Waals surface area contributed by atoms with Gasteiger partial charge in [-0.3, -0.25) is 0 Å². The van der Waals surface area contributed by atoms with Crippen LogP contribution in [0.5, 0.6) is 5.75 Å². The highest BCUT2D eigenvalue weighted by Crippen LogP contribution is 2.31. The van der Waals surface area contributed by atoms with E-state index in [-0.39, 0.29) is 0 Å². The molecule has 3 rings (SSSR count). The van der Waals surface area contributed by atoms with Gasteiger partial charge in [-0.2, -0.15) is 0 Å². The van der Waals surface area contributed by atoms with Gasteiger partial charge in [0, 0.05) is 18.0 Å². The van der Waals surface area contributed by atoms with Crippen molar-refractivity contribution in [2.45, 2.75) is 71.1 Å². The number of aromatic nitrogens is 2. The third kappa shape index (κ3) is 6.58. The fourth-order valence-corrected chi connectivity index (χ4v) is 4.19. The van der Waals surface area contributed by atoms with Gasteiger partial charge in [0.2, 0.25) is 0 Å². The minimum absolute atomic E-state index is 0.675. The zero-order valence-electron chi connectivity index (χ0n) is 17.0. The summed E-state index contributed by atoms with van der Waals surface area (Å²) in [6.07, 6.45) is 18.8. The van der Waals surface area contributed by atoms with E-state index in [9.17, 15) is 0 Å². The first-order chi connectivity index (χ1) is 13.8. The van der Waals surface area contributed by atoms with E-state index < -0.39 is 0 Å². The number of hydrogen-bond acceptors (Lipinski definition) is 3. The molecule has 4 heteroatoms. The monoisotopic (exact) mass is 443 g/mol. The van der Waals surface area contributed by atoms with Gasteiger partial charge in [-0.1, -0.05) is 32.6 Å². The predicted octanol–water partition coefficient (Wildman–Crippen LogP) is 7.19. The molecule has 0 aliphatic heterocycles. The number of aryl methyl sites for hydroxylation is 1. The largest absolute Gasteiger partial charge is 0.492 e. The Hall–Kier alpha value is -1.42. The summed E-state index contributed by atoms with van der Waals surface area (Å²) in [6, 6.07) is 6.14. The summed E-state index contributed by atoms with van der Waals surface area (Å²) in [5.74, 6) is 2.35. The fraction of sp³-hybridized carbons (Fsp3) is 0.542. The molecule has 2 aromatic rings. The number of rotatable bonds is 10. The lowest BCUT2D eigenvalue weighted by Gasteiger charge is -2.21. The van der Waals surface area contributed by atoms with Crippen molar-refractivity contribution in [1.29, 1.82) is 0 Å². The lowest BCUT2D eigenvalue weighted by molar-refractivity contribution is 0.220. The van der Waals surface area contributed by atoms with Crippen LogP contribution in [0.25, 0.3) is 11.4 Å². The van der Waals surface area contributed by atoms with E-state index in [0.717, 1.165) is 34.6 Å². The summed E-state index contributed by atoms with van der Waals surface area (Å²) in [7, 11) is 0. The van der Waals surface area contributed by atoms with Crippen molar-refractivity contribution in [3.05, 3.63) is 47.0 Å². The third-order valence-corrected chi connectivity index (χ3v) is 6.12. The van der Waals surface area contributed by atoms with E-state index >= 15 is 0 Å². The molecule has 1 aromatic carbocycles. The Labute approximate surface area is 178 Å². The van der Waals surface area contributed by atoms with Crippen LogP contribution in [0.15, 0.2) is 35.1 Å². The number of unbranched alkanes of at least 4 members (excludes halogenated alkanes) is 4. The maximum absolute atomic E-state index is 6.06. The van der Waals surface area contributed by atoms with Gasteiger partial charge in [-0.15, -0.1) is 0 Å². The molecule has 1 aliphatic carbocycles. The standard InChI is InChI=1S/C24H32BrN2O/c1-2-3-4-5-7-12-20-16-26-24(27-17-20)21-13-14-23(22(25)15-21)28-18-19-10-8-6-9-11-19/h6,13-17,19H,2-5,7-12,18H2,1H3. The second-order valence-electron chi connectivity index (χ2n) is 7.84. The summed E-state index contributed by atoms with van der Waals surface area (Å²) >= 11 is 3.65. The van der Waals surface area contributed by atoms with Crippen molar-refractivity contribution in [2.75, 3.05) is 6.61 Å². The Morgan fingerprint density at radius 3 is 2.50 bits per heavy atom. The SMILES string of the molecule is CCCCCCCc1cnc(-c2ccc(OCC3CC[CH]CC3)c(Br)c2)nc1. The Balaban J connectivity index is 1.52. The first-order valence-corrected chi connectivity index (χ1v) is 11.6. The molecule has 0 atom stereocenters. The third-order valence-electron chi connectivity index (χ3n) is 5.50. The van der Waals surface area contributed by atoms with E-state index in [0.29, 0.717) is 5.92 Å². The number of benzene rings is 1. The molecule has 0 bridgehead atoms. The highest BCUT2D eigenvalue weighted by atomic mass is 79.9. The Morgan fingerprint density at radius 1 is 1.04 bits per heavy atom. The van der Waals surface area contributed by atoms with Gasteiger partial charge in [0.25, 0.3) is 0 Å². The second kappa shape index (κ2) is 11.5. The van der Waals surface area contributed by atoms with Gasteiger partial charge in [0.15, 0.2) is 5.82 Å². The summed E-state index contributed by atoms with van der Waals surface area (Å²) in [5.41, 5.74) is 2.24. The van der Waals surface area contributed by atoms with E-state index in [1.807, 2.05) is 18.5 Å². The van der Waals surface area contributed by atoms with Gasteiger partial charge < -0.3 is 4.74 Å². The first kappa shape index (κ1) is 21.3. The molecular weight excluding hydrogens is 412 g/mol. The van der Waals surface area contributed by atoms with Crippen LogP contribution in [0.4, 0.5) is 0 Å². The number of hydrogen-bond donors (Lipinski definition) is 0. The van der Waals surface area contributed by atoms with Crippen LogP contribution in [0.1, 0.15) is 70.3 Å². The van der Waals surface area contributed by atoms with Crippen molar-refractivity contribution < 1.29 is 4.74 Å². The Morgan fingerprint density at radius 2 is 1.79 bits per heavy atom. The number of ether oxygens (including phenoxy) is 1. The highest BCUT2D eigenvalue weighted by Gasteiger charge is 2.15. The lowest BCUT2D eigenvalue weighted by Crippen LogP contribution is -2.15. The molecule has 151 valence electrons. The summed E-state index contributed by atoms with van der Waals surface area (Å²) in [4.78, 5) is 9.16. The minimum atomic E-state index is 0.675. The first-order valence-electron chi connectivity index (χ1n) is 10.8. The van der Waals surface area contributed by atoms with Crippen LogP contribution in [-0.2, 0) is 6.42 Å². The van der Waals surface area contributed by atoms with Crippen LogP contribution < -0.4 is 4.74 Å². The molecule has 1 radical (unpaired) electrons. The maximum Gasteiger partial charge on any atom is 0.159 e. The van der Waals surface area contributed by atoms with Gasteiger partial charge in [-0.25, -0.2) is 9.97 Å². The van der Waals surface area contributed by atoms with Crippen molar-refractivity contribution in [1.82, 2.24) is 9.97 Å². The van der Waals surface area contributed by atoms with Crippen molar-refractivity contribution in [2.24, 2.45) is 5.92 Å². The topological polar surface area (TPSA) is 35.0 Å². The molecule has 1 saturated carbocycles. The average Bonchev–Trinajstić information content (AvgIpc) is 2.74. The van der Waals surface area contributed by atoms with E-state index in [1.54, 1.807) is 0 Å². The number of halogens is 1. The molecule has 28 heavy (non-hydrogen) atoms. The van der Waals surface area contributed by atoms with Crippen LogP contribution in [0.2, 0.25) is 0 Å². The van der Waals surface area contributed by atoms with Crippen LogP contribution in [0, 0.1) is 12.3 Å². The van der Waals surface area contributed by atoms with Crippen molar-refractivity contribution in [3.63, 3.8) is 0 Å². The quantitative estimate of drug-likeness (QED) is 0.364. The molecule has 0 amide bonds. The molecule has 0 spiro atoms. The lowest BCUT2D eigenvalue weighted by atomic mass is 9.90. The van der Waals surface area contributed by atoms with Gasteiger partial charge >= 0.3 is 0 Å².